The van der Waals surface area contributed by atoms with Gasteiger partial charge in [-0.3, -0.25) is 9.78 Å². The van der Waals surface area contributed by atoms with E-state index >= 15 is 0 Å². The zero-order valence-electron chi connectivity index (χ0n) is 17.4. The summed E-state index contributed by atoms with van der Waals surface area (Å²) in [5.41, 5.74) is 0.643. The van der Waals surface area contributed by atoms with Crippen LogP contribution < -0.4 is 10.1 Å². The van der Waals surface area contributed by atoms with Gasteiger partial charge in [0.25, 0.3) is 5.91 Å². The van der Waals surface area contributed by atoms with Gasteiger partial charge in [-0.05, 0) is 48.0 Å². The molecule has 2 heterocycles. The van der Waals surface area contributed by atoms with Gasteiger partial charge >= 0.3 is 6.18 Å². The topological polar surface area (TPSA) is 81.9 Å². The molecule has 1 amide bonds. The first-order chi connectivity index (χ1) is 15.9. The Morgan fingerprint density at radius 2 is 1.82 bits per heavy atom. The normalized spacial score (nSPS) is 11.3. The maximum atomic E-state index is 13.3. The number of hydrogen-bond acceptors (Lipinski definition) is 5. The van der Waals surface area contributed by atoms with Crippen molar-refractivity contribution in [2.45, 2.75) is 12.7 Å². The van der Waals surface area contributed by atoms with Crippen molar-refractivity contribution in [1.82, 2.24) is 25.3 Å². The van der Waals surface area contributed by atoms with Crippen molar-refractivity contribution in [1.29, 1.82) is 0 Å². The van der Waals surface area contributed by atoms with Crippen molar-refractivity contribution in [2.24, 2.45) is 0 Å². The fourth-order valence-electron chi connectivity index (χ4n) is 3.31. The Morgan fingerprint density at radius 1 is 1.06 bits per heavy atom. The lowest BCUT2D eigenvalue weighted by molar-refractivity contribution is -0.138. The average Bonchev–Trinajstić information content (AvgIpc) is 3.28. The molecule has 2 aromatic heterocycles. The molecule has 168 valence electrons. The van der Waals surface area contributed by atoms with E-state index in [0.29, 0.717) is 22.7 Å². The second-order valence-corrected chi connectivity index (χ2v) is 6.98. The number of nitrogens with one attached hydrogen (secondary N) is 1. The lowest BCUT2D eigenvalue weighted by Gasteiger charge is -2.13. The molecule has 7 nitrogen and oxygen atoms in total. The van der Waals surface area contributed by atoms with Crippen molar-refractivity contribution in [2.75, 3.05) is 7.11 Å². The van der Waals surface area contributed by atoms with E-state index in [-0.39, 0.29) is 17.8 Å². The maximum Gasteiger partial charge on any atom is 0.416 e. The molecule has 0 bridgehead atoms. The van der Waals surface area contributed by atoms with E-state index in [9.17, 15) is 18.0 Å². The van der Waals surface area contributed by atoms with Crippen LogP contribution in [0.15, 0.2) is 73.1 Å². The Kier molecular flexibility index (Phi) is 6.07. The number of alkyl halides is 3. The number of ether oxygens (including phenoxy) is 1. The summed E-state index contributed by atoms with van der Waals surface area (Å²) in [6, 6.07) is 15.5. The van der Waals surface area contributed by atoms with E-state index in [1.54, 1.807) is 55.9 Å². The van der Waals surface area contributed by atoms with Crippen LogP contribution in [0.4, 0.5) is 13.2 Å². The highest BCUT2D eigenvalue weighted by Crippen LogP contribution is 2.32. The number of carbonyl (C=O) groups excluding carboxylic acids is 1. The molecule has 0 radical (unpaired) electrons. The summed E-state index contributed by atoms with van der Waals surface area (Å²) < 4.78 is 46.5. The Morgan fingerprint density at radius 3 is 2.48 bits per heavy atom. The van der Waals surface area contributed by atoms with Gasteiger partial charge in [0.2, 0.25) is 0 Å². The molecule has 10 heteroatoms. The molecule has 0 saturated heterocycles. The smallest absolute Gasteiger partial charge is 0.416 e. The third-order valence-corrected chi connectivity index (χ3v) is 4.90. The van der Waals surface area contributed by atoms with Crippen molar-refractivity contribution in [3.05, 3.63) is 89.9 Å². The number of carbonyl (C=O) groups is 1. The molecule has 0 aliphatic heterocycles. The molecule has 0 spiro atoms. The molecule has 0 aliphatic carbocycles. The summed E-state index contributed by atoms with van der Waals surface area (Å²) in [5.74, 6) is -0.0197. The summed E-state index contributed by atoms with van der Waals surface area (Å²) in [5, 5.41) is 10.6. The highest BCUT2D eigenvalue weighted by atomic mass is 19.4. The van der Waals surface area contributed by atoms with Gasteiger partial charge in [-0.1, -0.05) is 23.4 Å². The average molecular weight is 453 g/mol. The van der Waals surface area contributed by atoms with Gasteiger partial charge in [0, 0.05) is 24.5 Å². The number of amides is 1. The molecule has 33 heavy (non-hydrogen) atoms. The van der Waals surface area contributed by atoms with E-state index in [1.807, 2.05) is 0 Å². The first kappa shape index (κ1) is 22.0. The second kappa shape index (κ2) is 9.11. The molecule has 2 aromatic carbocycles. The predicted molar refractivity (Wildman–Crippen MR) is 114 cm³/mol. The van der Waals surface area contributed by atoms with E-state index in [1.165, 1.54) is 22.9 Å². The van der Waals surface area contributed by atoms with Crippen molar-refractivity contribution < 1.29 is 22.7 Å². The van der Waals surface area contributed by atoms with E-state index in [4.69, 9.17) is 4.74 Å². The molecular weight excluding hydrogens is 435 g/mol. The van der Waals surface area contributed by atoms with Crippen LogP contribution in [0.25, 0.3) is 16.9 Å². The first-order valence-electron chi connectivity index (χ1n) is 9.82. The van der Waals surface area contributed by atoms with Crippen LogP contribution in [0.2, 0.25) is 0 Å². The Bertz CT molecular complexity index is 1260. The fraction of sp³-hybridized carbons (Fsp3) is 0.130. The molecule has 0 saturated carbocycles. The Labute approximate surface area is 186 Å². The van der Waals surface area contributed by atoms with Crippen LogP contribution in [0.3, 0.4) is 0 Å². The molecule has 4 rings (SSSR count). The van der Waals surface area contributed by atoms with Crippen LogP contribution in [0.5, 0.6) is 5.75 Å². The number of rotatable bonds is 6. The summed E-state index contributed by atoms with van der Waals surface area (Å²) in [4.78, 5) is 17.1. The van der Waals surface area contributed by atoms with Gasteiger partial charge < -0.3 is 10.1 Å². The number of nitrogens with zero attached hydrogens (tertiary/aromatic N) is 4. The quantitative estimate of drug-likeness (QED) is 0.471. The molecular formula is C23H18F3N5O2. The van der Waals surface area contributed by atoms with E-state index < -0.39 is 17.6 Å². The van der Waals surface area contributed by atoms with Crippen molar-refractivity contribution >= 4 is 5.91 Å². The first-order valence-corrected chi connectivity index (χ1v) is 9.82. The van der Waals surface area contributed by atoms with Crippen LogP contribution >= 0.6 is 0 Å². The summed E-state index contributed by atoms with van der Waals surface area (Å²) >= 11 is 0. The maximum absolute atomic E-state index is 13.3. The SMILES string of the molecule is COc1ccc(-n2nnc(C(=O)NCc3ccccc3C(F)(F)F)c2-c2cccnc2)cc1. The van der Waals surface area contributed by atoms with E-state index in [0.717, 1.165) is 6.07 Å². The Balaban J connectivity index is 1.68. The summed E-state index contributed by atoms with van der Waals surface area (Å²) in [6.45, 7) is -0.323. The van der Waals surface area contributed by atoms with Crippen molar-refractivity contribution in [3.63, 3.8) is 0 Å². The largest absolute Gasteiger partial charge is 0.497 e. The third kappa shape index (κ3) is 4.69. The third-order valence-electron chi connectivity index (χ3n) is 4.90. The standard InChI is InChI=1S/C23H18F3N5O2/c1-33-18-10-8-17(9-11-18)31-21(16-6-4-12-27-13-16)20(29-30-31)22(32)28-14-15-5-2-3-7-19(15)23(24,25)26/h2-13H,14H2,1H3,(H,28,32). The number of halogens is 3. The number of methoxy groups -OCH3 is 1. The lowest BCUT2D eigenvalue weighted by atomic mass is 10.1. The van der Waals surface area contributed by atoms with Crippen LogP contribution in [-0.4, -0.2) is 33.0 Å². The monoisotopic (exact) mass is 453 g/mol. The highest BCUT2D eigenvalue weighted by Gasteiger charge is 2.33. The van der Waals surface area contributed by atoms with Crippen molar-refractivity contribution in [3.8, 4) is 22.7 Å². The number of pyridine rings is 1. The minimum Gasteiger partial charge on any atom is -0.497 e. The van der Waals surface area contributed by atoms with Crippen LogP contribution in [0.1, 0.15) is 21.6 Å². The fourth-order valence-corrected chi connectivity index (χ4v) is 3.31. The minimum atomic E-state index is -4.53. The Hall–Kier alpha value is -4.21. The van der Waals surface area contributed by atoms with Gasteiger partial charge in [0.05, 0.1) is 18.4 Å². The van der Waals surface area contributed by atoms with Crippen LogP contribution in [-0.2, 0) is 12.7 Å². The zero-order valence-corrected chi connectivity index (χ0v) is 17.4. The number of benzene rings is 2. The summed E-state index contributed by atoms with van der Waals surface area (Å²) in [6.07, 6.45) is -1.40. The molecule has 0 atom stereocenters. The second-order valence-electron chi connectivity index (χ2n) is 6.98. The summed E-state index contributed by atoms with van der Waals surface area (Å²) in [7, 11) is 1.55. The van der Waals surface area contributed by atoms with E-state index in [2.05, 4.69) is 20.6 Å². The molecule has 0 fully saturated rings. The van der Waals surface area contributed by atoms with Gasteiger partial charge in [-0.2, -0.15) is 13.2 Å². The molecule has 0 unspecified atom stereocenters. The minimum absolute atomic E-state index is 0.0386. The van der Waals surface area contributed by atoms with Crippen LogP contribution in [0, 0.1) is 0 Å². The lowest BCUT2D eigenvalue weighted by Crippen LogP contribution is -2.25. The highest BCUT2D eigenvalue weighted by molar-refractivity contribution is 5.98. The molecule has 0 aliphatic rings. The number of hydrogen-bond donors (Lipinski definition) is 1. The molecule has 1 N–H and O–H groups in total. The predicted octanol–water partition coefficient (Wildman–Crippen LogP) is 4.29. The van der Waals surface area contributed by atoms with Gasteiger partial charge in [0.1, 0.15) is 11.4 Å². The number of aromatic nitrogens is 4. The molecule has 4 aromatic rings. The van der Waals surface area contributed by atoms with Gasteiger partial charge in [-0.25, -0.2) is 4.68 Å². The van der Waals surface area contributed by atoms with Gasteiger partial charge in [0.15, 0.2) is 5.69 Å². The zero-order chi connectivity index (χ0) is 23.4. The van der Waals surface area contributed by atoms with Gasteiger partial charge in [-0.15, -0.1) is 5.10 Å².